The van der Waals surface area contributed by atoms with Gasteiger partial charge in [-0.1, -0.05) is 13.8 Å². The van der Waals surface area contributed by atoms with E-state index in [1.807, 2.05) is 37.1 Å². The monoisotopic (exact) mass is 425 g/mol. The summed E-state index contributed by atoms with van der Waals surface area (Å²) in [5.74, 6) is 0.0356. The number of rotatable bonds is 4. The van der Waals surface area contributed by atoms with Gasteiger partial charge in [-0.05, 0) is 50.2 Å². The van der Waals surface area contributed by atoms with Crippen molar-refractivity contribution < 1.29 is 8.78 Å². The van der Waals surface area contributed by atoms with E-state index in [0.29, 0.717) is 22.9 Å². The summed E-state index contributed by atoms with van der Waals surface area (Å²) in [4.78, 5) is 1.92. The highest BCUT2D eigenvalue weighted by Gasteiger charge is 2.36. The maximum Gasteiger partial charge on any atom is 0.177 e. The summed E-state index contributed by atoms with van der Waals surface area (Å²) in [6.45, 7) is 5.91. The van der Waals surface area contributed by atoms with Gasteiger partial charge in [0, 0.05) is 24.1 Å². The standard InChI is InChI=1S/C22H25F2N7/c1-13(2)21-28-27-20-6-4-17(29-31(20)21)19-12-26-22(14-7-9-25-10-8-14)30(19)18-5-3-15(23)11-16(18)24/h3-6,11-14,22,25-26H,7-10H2,1-2H3. The van der Waals surface area contributed by atoms with Crippen LogP contribution in [0.4, 0.5) is 14.5 Å². The van der Waals surface area contributed by atoms with Gasteiger partial charge in [-0.2, -0.15) is 9.61 Å². The molecule has 2 aliphatic heterocycles. The second kappa shape index (κ2) is 7.88. The van der Waals surface area contributed by atoms with Gasteiger partial charge >= 0.3 is 0 Å². The number of hydrogen-bond acceptors (Lipinski definition) is 6. The molecule has 7 nitrogen and oxygen atoms in total. The van der Waals surface area contributed by atoms with Gasteiger partial charge in [-0.3, -0.25) is 0 Å². The summed E-state index contributed by atoms with van der Waals surface area (Å²) in [6, 6.07) is 7.44. The van der Waals surface area contributed by atoms with Crippen LogP contribution in [0.15, 0.2) is 36.5 Å². The molecule has 2 N–H and O–H groups in total. The summed E-state index contributed by atoms with van der Waals surface area (Å²) in [5.41, 5.74) is 2.39. The molecule has 0 bridgehead atoms. The van der Waals surface area contributed by atoms with Crippen LogP contribution in [0.3, 0.4) is 0 Å². The summed E-state index contributed by atoms with van der Waals surface area (Å²) in [5, 5.41) is 20.0. The summed E-state index contributed by atoms with van der Waals surface area (Å²) in [6.07, 6.45) is 3.67. The third-order valence-electron chi connectivity index (χ3n) is 5.99. The van der Waals surface area contributed by atoms with E-state index in [-0.39, 0.29) is 12.1 Å². The molecule has 0 spiro atoms. The molecule has 1 unspecified atom stereocenters. The first-order valence-corrected chi connectivity index (χ1v) is 10.7. The van der Waals surface area contributed by atoms with E-state index in [9.17, 15) is 8.78 Å². The minimum absolute atomic E-state index is 0.139. The molecule has 5 rings (SSSR count). The van der Waals surface area contributed by atoms with Crippen molar-refractivity contribution in [2.75, 3.05) is 18.0 Å². The van der Waals surface area contributed by atoms with Gasteiger partial charge in [-0.15, -0.1) is 10.2 Å². The van der Waals surface area contributed by atoms with E-state index in [4.69, 9.17) is 5.10 Å². The summed E-state index contributed by atoms with van der Waals surface area (Å²) in [7, 11) is 0. The molecule has 1 saturated heterocycles. The van der Waals surface area contributed by atoms with E-state index in [2.05, 4.69) is 20.8 Å². The van der Waals surface area contributed by atoms with Crippen molar-refractivity contribution >= 4 is 17.0 Å². The predicted octanol–water partition coefficient (Wildman–Crippen LogP) is 3.26. The minimum Gasteiger partial charge on any atom is -0.369 e. The molecule has 0 aliphatic carbocycles. The Hall–Kier alpha value is -3.07. The lowest BCUT2D eigenvalue weighted by Crippen LogP contribution is -2.47. The van der Waals surface area contributed by atoms with Crippen molar-refractivity contribution in [3.8, 4) is 0 Å². The van der Waals surface area contributed by atoms with Crippen LogP contribution in [0.25, 0.3) is 11.3 Å². The molecule has 3 aromatic rings. The molecule has 9 heteroatoms. The van der Waals surface area contributed by atoms with Gasteiger partial charge in [-0.25, -0.2) is 8.78 Å². The number of nitrogens with one attached hydrogen (secondary N) is 2. The Morgan fingerprint density at radius 1 is 1.06 bits per heavy atom. The van der Waals surface area contributed by atoms with Crippen LogP contribution in [0.1, 0.15) is 44.1 Å². The molecular weight excluding hydrogens is 400 g/mol. The normalized spacial score (nSPS) is 19.8. The van der Waals surface area contributed by atoms with Gasteiger partial charge in [0.05, 0.1) is 11.4 Å². The quantitative estimate of drug-likeness (QED) is 0.669. The van der Waals surface area contributed by atoms with E-state index < -0.39 is 11.6 Å². The zero-order chi connectivity index (χ0) is 21.5. The maximum absolute atomic E-state index is 14.9. The molecule has 4 heterocycles. The number of aromatic nitrogens is 4. The Morgan fingerprint density at radius 2 is 1.87 bits per heavy atom. The highest BCUT2D eigenvalue weighted by Crippen LogP contribution is 2.37. The van der Waals surface area contributed by atoms with Crippen molar-refractivity contribution in [2.45, 2.75) is 38.8 Å². The third kappa shape index (κ3) is 3.52. The SMILES string of the molecule is CC(C)c1nnc2ccc(C3=CNC(C4CCNCC4)N3c3ccc(F)cc3F)nn12. The summed E-state index contributed by atoms with van der Waals surface area (Å²) < 4.78 is 30.3. The number of hydrogen-bond donors (Lipinski definition) is 2. The van der Waals surface area contributed by atoms with Crippen molar-refractivity contribution in [3.63, 3.8) is 0 Å². The van der Waals surface area contributed by atoms with E-state index in [1.54, 1.807) is 4.52 Å². The largest absolute Gasteiger partial charge is 0.369 e. The molecular formula is C22H25F2N7. The van der Waals surface area contributed by atoms with Crippen LogP contribution < -0.4 is 15.5 Å². The van der Waals surface area contributed by atoms with Gasteiger partial charge in [0.1, 0.15) is 23.5 Å². The second-order valence-electron chi connectivity index (χ2n) is 8.40. The lowest BCUT2D eigenvalue weighted by atomic mass is 9.93. The average Bonchev–Trinajstić information content (AvgIpc) is 3.38. The fraction of sp³-hybridized carbons (Fsp3) is 0.409. The number of benzene rings is 1. The highest BCUT2D eigenvalue weighted by molar-refractivity contribution is 5.81. The predicted molar refractivity (Wildman–Crippen MR) is 114 cm³/mol. The van der Waals surface area contributed by atoms with Gasteiger partial charge in [0.2, 0.25) is 0 Å². The minimum atomic E-state index is -0.596. The number of anilines is 1. The van der Waals surface area contributed by atoms with Crippen LogP contribution >= 0.6 is 0 Å². The molecule has 0 amide bonds. The molecule has 1 fully saturated rings. The Kier molecular flexibility index (Phi) is 5.05. The van der Waals surface area contributed by atoms with Crippen molar-refractivity contribution in [2.24, 2.45) is 5.92 Å². The molecule has 0 saturated carbocycles. The maximum atomic E-state index is 14.9. The molecule has 1 aromatic carbocycles. The van der Waals surface area contributed by atoms with Gasteiger partial charge in [0.15, 0.2) is 11.5 Å². The Morgan fingerprint density at radius 3 is 2.61 bits per heavy atom. The van der Waals surface area contributed by atoms with E-state index >= 15 is 0 Å². The molecule has 1 atom stereocenters. The first-order valence-electron chi connectivity index (χ1n) is 10.7. The zero-order valence-electron chi connectivity index (χ0n) is 17.5. The van der Waals surface area contributed by atoms with Crippen LogP contribution in [0.5, 0.6) is 0 Å². The molecule has 0 radical (unpaired) electrons. The Labute approximate surface area is 179 Å². The molecule has 162 valence electrons. The summed E-state index contributed by atoms with van der Waals surface area (Å²) >= 11 is 0. The fourth-order valence-corrected chi connectivity index (χ4v) is 4.42. The lowest BCUT2D eigenvalue weighted by molar-refractivity contribution is 0.305. The molecule has 31 heavy (non-hydrogen) atoms. The lowest BCUT2D eigenvalue weighted by Gasteiger charge is -2.36. The number of piperidine rings is 1. The Bertz CT molecular complexity index is 1130. The first-order chi connectivity index (χ1) is 15.0. The molecule has 2 aromatic heterocycles. The van der Waals surface area contributed by atoms with Crippen molar-refractivity contribution in [1.29, 1.82) is 0 Å². The van der Waals surface area contributed by atoms with Crippen LogP contribution in [-0.4, -0.2) is 39.1 Å². The highest BCUT2D eigenvalue weighted by atomic mass is 19.1. The van der Waals surface area contributed by atoms with Crippen LogP contribution in [0.2, 0.25) is 0 Å². The third-order valence-corrected chi connectivity index (χ3v) is 5.99. The average molecular weight is 425 g/mol. The van der Waals surface area contributed by atoms with Gasteiger partial charge in [0.25, 0.3) is 0 Å². The van der Waals surface area contributed by atoms with Crippen molar-refractivity contribution in [1.82, 2.24) is 30.4 Å². The zero-order valence-corrected chi connectivity index (χ0v) is 17.5. The van der Waals surface area contributed by atoms with Crippen LogP contribution in [0, 0.1) is 17.6 Å². The van der Waals surface area contributed by atoms with Crippen molar-refractivity contribution in [3.05, 3.63) is 59.7 Å². The number of fused-ring (bicyclic) bond motifs is 1. The second-order valence-corrected chi connectivity index (χ2v) is 8.40. The fourth-order valence-electron chi connectivity index (χ4n) is 4.42. The molecule has 2 aliphatic rings. The smallest absolute Gasteiger partial charge is 0.177 e. The number of halogens is 2. The van der Waals surface area contributed by atoms with E-state index in [1.165, 1.54) is 12.1 Å². The number of nitrogens with zero attached hydrogens (tertiary/aromatic N) is 5. The van der Waals surface area contributed by atoms with Gasteiger partial charge < -0.3 is 15.5 Å². The first kappa shape index (κ1) is 19.9. The Balaban J connectivity index is 1.59. The van der Waals surface area contributed by atoms with Crippen LogP contribution in [-0.2, 0) is 0 Å². The van der Waals surface area contributed by atoms with E-state index in [0.717, 1.165) is 43.5 Å². The topological polar surface area (TPSA) is 70.4 Å².